The van der Waals surface area contributed by atoms with Crippen LogP contribution in [-0.2, 0) is 6.54 Å². The highest BCUT2D eigenvalue weighted by molar-refractivity contribution is 5.94. The molecule has 0 aliphatic rings. The molecule has 4 rings (SSSR count). The van der Waals surface area contributed by atoms with Gasteiger partial charge in [-0.15, -0.1) is 0 Å². The zero-order chi connectivity index (χ0) is 23.0. The topological polar surface area (TPSA) is 66.8 Å². The summed E-state index contributed by atoms with van der Waals surface area (Å²) in [6, 6.07) is 34.4. The first-order valence-electron chi connectivity index (χ1n) is 10.6. The summed E-state index contributed by atoms with van der Waals surface area (Å²) in [5, 5.41) is 9.65. The van der Waals surface area contributed by atoms with Gasteiger partial charge in [0, 0.05) is 17.7 Å². The smallest absolute Gasteiger partial charge is 0.339 e. The third kappa shape index (κ3) is 5.28. The lowest BCUT2D eigenvalue weighted by Gasteiger charge is -2.33. The van der Waals surface area contributed by atoms with Gasteiger partial charge < -0.3 is 9.84 Å². The van der Waals surface area contributed by atoms with E-state index < -0.39 is 12.2 Å². The Morgan fingerprint density at radius 3 is 1.91 bits per heavy atom. The van der Waals surface area contributed by atoms with Crippen LogP contribution in [0, 0.1) is 0 Å². The Balaban J connectivity index is 1.81. The van der Waals surface area contributed by atoms with Crippen molar-refractivity contribution in [2.75, 3.05) is 0 Å². The van der Waals surface area contributed by atoms with E-state index in [9.17, 15) is 14.7 Å². The molecule has 0 radical (unpaired) electrons. The molecule has 1 amide bonds. The second-order valence-electron chi connectivity index (χ2n) is 7.47. The summed E-state index contributed by atoms with van der Waals surface area (Å²) in [5.74, 6) is -1.12. The molecule has 4 aromatic carbocycles. The molecule has 1 unspecified atom stereocenters. The minimum Gasteiger partial charge on any atom is -0.478 e. The van der Waals surface area contributed by atoms with Gasteiger partial charge in [0.15, 0.2) is 0 Å². The molecule has 4 aromatic rings. The highest BCUT2D eigenvalue weighted by Gasteiger charge is 2.29. The zero-order valence-corrected chi connectivity index (χ0v) is 17.9. The van der Waals surface area contributed by atoms with Crippen molar-refractivity contribution in [3.8, 4) is 5.75 Å². The molecule has 0 bridgehead atoms. The molecule has 5 heteroatoms. The second kappa shape index (κ2) is 10.3. The number of hydrogen-bond acceptors (Lipinski definition) is 3. The van der Waals surface area contributed by atoms with Crippen LogP contribution in [0.15, 0.2) is 115 Å². The average molecular weight is 437 g/mol. The Morgan fingerprint density at radius 2 is 1.27 bits per heavy atom. The normalized spacial score (nSPS) is 11.4. The number of hydrogen-bond donors (Lipinski definition) is 1. The second-order valence-corrected chi connectivity index (χ2v) is 7.47. The number of amides is 1. The number of carbonyl (C=O) groups is 2. The number of rotatable bonds is 8. The molecule has 0 aliphatic heterocycles. The molecule has 0 aromatic heterocycles. The number of ether oxygens (including phenoxy) is 1. The summed E-state index contributed by atoms with van der Waals surface area (Å²) in [4.78, 5) is 27.1. The minimum absolute atomic E-state index is 0.0326. The molecule has 0 aliphatic carbocycles. The lowest BCUT2D eigenvalue weighted by molar-refractivity contribution is 0.0155. The summed E-state index contributed by atoms with van der Waals surface area (Å²) in [5.41, 5.74) is 2.21. The fourth-order valence-electron chi connectivity index (χ4n) is 3.58. The van der Waals surface area contributed by atoms with Crippen LogP contribution in [0.4, 0.5) is 0 Å². The van der Waals surface area contributed by atoms with Crippen LogP contribution in [0.3, 0.4) is 0 Å². The SMILES string of the molecule is O=C(O)c1ccccc1OC(c1ccccc1)N(Cc1ccccc1)C(=O)c1ccccc1. The van der Waals surface area contributed by atoms with Crippen LogP contribution in [0.25, 0.3) is 0 Å². The molecule has 5 nitrogen and oxygen atoms in total. The fraction of sp³-hybridized carbons (Fsp3) is 0.0714. The van der Waals surface area contributed by atoms with Crippen molar-refractivity contribution in [3.63, 3.8) is 0 Å². The summed E-state index contributed by atoms with van der Waals surface area (Å²) < 4.78 is 6.29. The predicted octanol–water partition coefficient (Wildman–Crippen LogP) is 5.81. The Kier molecular flexibility index (Phi) is 6.81. The predicted molar refractivity (Wildman–Crippen MR) is 126 cm³/mol. The maximum Gasteiger partial charge on any atom is 0.339 e. The van der Waals surface area contributed by atoms with E-state index in [1.807, 2.05) is 78.9 Å². The first-order chi connectivity index (χ1) is 16.1. The number of carboxylic acids is 1. The Labute approximate surface area is 192 Å². The van der Waals surface area contributed by atoms with Crippen molar-refractivity contribution >= 4 is 11.9 Å². The van der Waals surface area contributed by atoms with Crippen LogP contribution in [0.2, 0.25) is 0 Å². The van der Waals surface area contributed by atoms with Gasteiger partial charge in [0.05, 0.1) is 0 Å². The molecular weight excluding hydrogens is 414 g/mol. The van der Waals surface area contributed by atoms with Crippen LogP contribution in [0.5, 0.6) is 5.75 Å². The first-order valence-corrected chi connectivity index (χ1v) is 10.6. The lowest BCUT2D eigenvalue weighted by atomic mass is 10.1. The van der Waals surface area contributed by atoms with Gasteiger partial charge in [-0.2, -0.15) is 0 Å². The highest BCUT2D eigenvalue weighted by atomic mass is 16.5. The Bertz CT molecular complexity index is 1210. The molecule has 0 heterocycles. The molecular formula is C28H23NO4. The maximum atomic E-state index is 13.7. The van der Waals surface area contributed by atoms with E-state index in [2.05, 4.69) is 0 Å². The number of nitrogens with zero attached hydrogens (tertiary/aromatic N) is 1. The maximum absolute atomic E-state index is 13.7. The van der Waals surface area contributed by atoms with Gasteiger partial charge in [-0.25, -0.2) is 4.79 Å². The van der Waals surface area contributed by atoms with Crippen LogP contribution >= 0.6 is 0 Å². The summed E-state index contributed by atoms with van der Waals surface area (Å²) in [7, 11) is 0. The summed E-state index contributed by atoms with van der Waals surface area (Å²) in [6.45, 7) is 0.281. The molecule has 0 fully saturated rings. The van der Waals surface area contributed by atoms with Gasteiger partial charge >= 0.3 is 5.97 Å². The summed E-state index contributed by atoms with van der Waals surface area (Å²) >= 11 is 0. The largest absolute Gasteiger partial charge is 0.478 e. The molecule has 33 heavy (non-hydrogen) atoms. The Morgan fingerprint density at radius 1 is 0.727 bits per heavy atom. The third-order valence-corrected chi connectivity index (χ3v) is 5.20. The van der Waals surface area contributed by atoms with Gasteiger partial charge in [-0.1, -0.05) is 91.0 Å². The van der Waals surface area contributed by atoms with E-state index in [1.54, 1.807) is 35.2 Å². The first kappa shape index (κ1) is 21.8. The molecule has 0 saturated carbocycles. The minimum atomic E-state index is -1.10. The van der Waals surface area contributed by atoms with E-state index in [0.29, 0.717) is 5.56 Å². The number of para-hydroxylation sites is 1. The van der Waals surface area contributed by atoms with Crippen molar-refractivity contribution in [2.45, 2.75) is 12.8 Å². The van der Waals surface area contributed by atoms with Crippen LogP contribution < -0.4 is 4.74 Å². The fourth-order valence-corrected chi connectivity index (χ4v) is 3.58. The van der Waals surface area contributed by atoms with Crippen molar-refractivity contribution in [1.29, 1.82) is 0 Å². The van der Waals surface area contributed by atoms with Gasteiger partial charge in [-0.3, -0.25) is 9.69 Å². The van der Waals surface area contributed by atoms with E-state index >= 15 is 0 Å². The van der Waals surface area contributed by atoms with Crippen molar-refractivity contribution in [2.24, 2.45) is 0 Å². The van der Waals surface area contributed by atoms with Crippen molar-refractivity contribution < 1.29 is 19.4 Å². The molecule has 0 spiro atoms. The van der Waals surface area contributed by atoms with Crippen molar-refractivity contribution in [1.82, 2.24) is 4.90 Å². The van der Waals surface area contributed by atoms with E-state index in [0.717, 1.165) is 11.1 Å². The number of aromatic carboxylic acids is 1. The monoisotopic (exact) mass is 437 g/mol. The Hall–Kier alpha value is -4.38. The molecule has 164 valence electrons. The lowest BCUT2D eigenvalue weighted by Crippen LogP contribution is -2.37. The van der Waals surface area contributed by atoms with Gasteiger partial charge in [0.25, 0.3) is 5.91 Å². The number of benzene rings is 4. The number of carboxylic acid groups (broad SMARTS) is 1. The third-order valence-electron chi connectivity index (χ3n) is 5.20. The molecule has 0 saturated heterocycles. The van der Waals surface area contributed by atoms with Gasteiger partial charge in [0.1, 0.15) is 11.3 Å². The summed E-state index contributed by atoms with van der Waals surface area (Å²) in [6.07, 6.45) is -0.848. The van der Waals surface area contributed by atoms with Gasteiger partial charge in [0.2, 0.25) is 6.23 Å². The standard InChI is InChI=1S/C28H23NO4/c30-26(22-14-6-2-7-15-22)29(20-21-12-4-1-5-13-21)27(23-16-8-3-9-17-23)33-25-19-11-10-18-24(25)28(31)32/h1-19,27H,20H2,(H,31,32). The quantitative estimate of drug-likeness (QED) is 0.354. The molecule has 1 atom stereocenters. The van der Waals surface area contributed by atoms with Crippen LogP contribution in [-0.4, -0.2) is 21.9 Å². The van der Waals surface area contributed by atoms with E-state index in [1.165, 1.54) is 6.07 Å². The van der Waals surface area contributed by atoms with Crippen LogP contribution in [0.1, 0.15) is 38.1 Å². The van der Waals surface area contributed by atoms with E-state index in [-0.39, 0.29) is 23.8 Å². The number of carbonyl (C=O) groups excluding carboxylic acids is 1. The highest BCUT2D eigenvalue weighted by Crippen LogP contribution is 2.30. The zero-order valence-electron chi connectivity index (χ0n) is 17.9. The van der Waals surface area contributed by atoms with E-state index in [4.69, 9.17) is 4.74 Å². The van der Waals surface area contributed by atoms with Gasteiger partial charge in [-0.05, 0) is 29.8 Å². The molecule has 1 N–H and O–H groups in total. The van der Waals surface area contributed by atoms with Crippen molar-refractivity contribution in [3.05, 3.63) is 138 Å². The average Bonchev–Trinajstić information content (AvgIpc) is 2.87.